The molecule has 21 heavy (non-hydrogen) atoms. The van der Waals surface area contributed by atoms with Gasteiger partial charge >= 0.3 is 0 Å². The van der Waals surface area contributed by atoms with E-state index in [1.807, 2.05) is 6.07 Å². The first-order valence-corrected chi connectivity index (χ1v) is 8.67. The van der Waals surface area contributed by atoms with Gasteiger partial charge in [0.25, 0.3) is 10.0 Å². The minimum Gasteiger partial charge on any atom is -0.392 e. The summed E-state index contributed by atoms with van der Waals surface area (Å²) in [6.07, 6.45) is 0. The smallest absolute Gasteiger partial charge is 0.263 e. The quantitative estimate of drug-likeness (QED) is 0.836. The fourth-order valence-corrected chi connectivity index (χ4v) is 3.79. The zero-order chi connectivity index (χ0) is 15.6. The van der Waals surface area contributed by atoms with Gasteiger partial charge in [0.05, 0.1) is 17.3 Å². The Kier molecular flexibility index (Phi) is 4.93. The minimum atomic E-state index is -3.83. The fraction of sp³-hybridized carbons (Fsp3) is 0.143. The van der Waals surface area contributed by atoms with E-state index < -0.39 is 10.0 Å². The summed E-state index contributed by atoms with van der Waals surface area (Å²) in [7, 11) is -3.83. The van der Waals surface area contributed by atoms with Crippen LogP contribution in [-0.2, 0) is 16.6 Å². The molecular weight excluding hydrogens is 378 g/mol. The third-order valence-electron chi connectivity index (χ3n) is 2.91. The van der Waals surface area contributed by atoms with Crippen molar-refractivity contribution in [3.63, 3.8) is 0 Å². The predicted molar refractivity (Wildman–Crippen MR) is 87.1 cm³/mol. The summed E-state index contributed by atoms with van der Waals surface area (Å²) >= 11 is 9.27. The number of rotatable bonds is 4. The Morgan fingerprint density at radius 2 is 1.95 bits per heavy atom. The number of aliphatic hydroxyl groups excluding tert-OH is 1. The molecule has 0 aliphatic rings. The molecule has 2 aromatic rings. The molecule has 0 aromatic heterocycles. The molecule has 0 amide bonds. The Morgan fingerprint density at radius 3 is 2.62 bits per heavy atom. The molecule has 0 fully saturated rings. The maximum atomic E-state index is 12.5. The lowest BCUT2D eigenvalue weighted by Crippen LogP contribution is -2.14. The second-order valence-electron chi connectivity index (χ2n) is 4.49. The molecule has 4 nitrogen and oxygen atoms in total. The van der Waals surface area contributed by atoms with Gasteiger partial charge in [0.1, 0.15) is 4.90 Å². The number of aliphatic hydroxyl groups is 1. The van der Waals surface area contributed by atoms with Crippen molar-refractivity contribution in [3.05, 3.63) is 57.0 Å². The molecule has 7 heteroatoms. The molecule has 0 heterocycles. The molecule has 0 unspecified atom stereocenters. The maximum Gasteiger partial charge on any atom is 0.263 e. The Labute approximate surface area is 136 Å². The number of aryl methyl sites for hydroxylation is 1. The molecule has 2 rings (SSSR count). The van der Waals surface area contributed by atoms with Gasteiger partial charge in [0.2, 0.25) is 0 Å². The summed E-state index contributed by atoms with van der Waals surface area (Å²) in [5.74, 6) is 0. The van der Waals surface area contributed by atoms with Gasteiger partial charge < -0.3 is 5.11 Å². The lowest BCUT2D eigenvalue weighted by atomic mass is 10.2. The largest absolute Gasteiger partial charge is 0.392 e. The molecule has 2 N–H and O–H groups in total. The first-order valence-electron chi connectivity index (χ1n) is 6.02. The van der Waals surface area contributed by atoms with Crippen LogP contribution >= 0.6 is 27.5 Å². The highest BCUT2D eigenvalue weighted by Crippen LogP contribution is 2.27. The number of hydrogen-bond donors (Lipinski definition) is 2. The van der Waals surface area contributed by atoms with Gasteiger partial charge in [-0.3, -0.25) is 4.72 Å². The Balaban J connectivity index is 2.45. The van der Waals surface area contributed by atoms with Crippen molar-refractivity contribution in [3.8, 4) is 0 Å². The van der Waals surface area contributed by atoms with Gasteiger partial charge in [-0.25, -0.2) is 8.42 Å². The number of sulfonamides is 1. The highest BCUT2D eigenvalue weighted by atomic mass is 79.9. The Morgan fingerprint density at radius 1 is 1.24 bits per heavy atom. The van der Waals surface area contributed by atoms with E-state index in [2.05, 4.69) is 20.7 Å². The lowest BCUT2D eigenvalue weighted by Gasteiger charge is -2.12. The molecule has 0 saturated heterocycles. The molecule has 0 bridgehead atoms. The van der Waals surface area contributed by atoms with Crippen LogP contribution in [-0.4, -0.2) is 13.5 Å². The number of hydrogen-bond acceptors (Lipinski definition) is 3. The van der Waals surface area contributed by atoms with Crippen LogP contribution in [0.2, 0.25) is 5.02 Å². The van der Waals surface area contributed by atoms with Crippen molar-refractivity contribution >= 4 is 43.2 Å². The Bertz CT molecular complexity index is 778. The molecular formula is C14H13BrClNO3S. The summed E-state index contributed by atoms with van der Waals surface area (Å²) in [4.78, 5) is -0.0601. The van der Waals surface area contributed by atoms with Crippen molar-refractivity contribution in [2.24, 2.45) is 0 Å². The fourth-order valence-electron chi connectivity index (χ4n) is 1.76. The normalized spacial score (nSPS) is 11.4. The van der Waals surface area contributed by atoms with Crippen LogP contribution in [0.15, 0.2) is 45.8 Å². The van der Waals surface area contributed by atoms with Gasteiger partial charge in [-0.05, 0) is 42.3 Å². The van der Waals surface area contributed by atoms with Gasteiger partial charge in [-0.1, -0.05) is 39.7 Å². The van der Waals surface area contributed by atoms with E-state index in [0.29, 0.717) is 11.3 Å². The number of nitrogens with one attached hydrogen (secondary N) is 1. The zero-order valence-corrected chi connectivity index (χ0v) is 14.3. The van der Waals surface area contributed by atoms with Gasteiger partial charge in [-0.15, -0.1) is 0 Å². The van der Waals surface area contributed by atoms with Crippen LogP contribution in [0.3, 0.4) is 0 Å². The van der Waals surface area contributed by atoms with Crippen molar-refractivity contribution in [2.75, 3.05) is 4.72 Å². The minimum absolute atomic E-state index is 0.0601. The van der Waals surface area contributed by atoms with Crippen LogP contribution in [0, 0.1) is 6.92 Å². The number of benzene rings is 2. The summed E-state index contributed by atoms with van der Waals surface area (Å²) in [6, 6.07) is 9.69. The van der Waals surface area contributed by atoms with Gasteiger partial charge in [0.15, 0.2) is 0 Å². The number of halogens is 2. The second kappa shape index (κ2) is 6.36. The highest BCUT2D eigenvalue weighted by Gasteiger charge is 2.19. The number of anilines is 1. The summed E-state index contributed by atoms with van der Waals surface area (Å²) in [6.45, 7) is 1.55. The van der Waals surface area contributed by atoms with Gasteiger partial charge in [-0.2, -0.15) is 0 Å². The van der Waals surface area contributed by atoms with Crippen LogP contribution in [0.1, 0.15) is 11.1 Å². The summed E-state index contributed by atoms with van der Waals surface area (Å²) in [5, 5.41) is 9.23. The maximum absolute atomic E-state index is 12.5. The molecule has 0 spiro atoms. The van der Waals surface area contributed by atoms with E-state index in [1.165, 1.54) is 12.1 Å². The predicted octanol–water partition coefficient (Wildman–Crippen LogP) is 3.70. The summed E-state index contributed by atoms with van der Waals surface area (Å²) in [5.41, 5.74) is 1.73. The zero-order valence-electron chi connectivity index (χ0n) is 11.1. The third-order valence-corrected chi connectivity index (χ3v) is 5.25. The second-order valence-corrected chi connectivity index (χ2v) is 7.46. The molecule has 112 valence electrons. The average Bonchev–Trinajstić information content (AvgIpc) is 2.43. The van der Waals surface area contributed by atoms with Gasteiger partial charge in [0, 0.05) is 4.47 Å². The average molecular weight is 391 g/mol. The third kappa shape index (κ3) is 3.77. The molecule has 0 radical (unpaired) electrons. The van der Waals surface area contributed by atoms with Crippen LogP contribution < -0.4 is 4.72 Å². The lowest BCUT2D eigenvalue weighted by molar-refractivity contribution is 0.281. The first-order chi connectivity index (χ1) is 9.83. The monoisotopic (exact) mass is 389 g/mol. The topological polar surface area (TPSA) is 66.4 Å². The van der Waals surface area contributed by atoms with E-state index in [4.69, 9.17) is 16.7 Å². The molecule has 2 aromatic carbocycles. The standard InChI is InChI=1S/C14H13BrClNO3S/c1-9-2-4-11(15)7-13(9)17-21(19,20)14-6-10(8-18)3-5-12(14)16/h2-7,17-18H,8H2,1H3. The Hall–Kier alpha value is -1.08. The van der Waals surface area contributed by atoms with E-state index >= 15 is 0 Å². The van der Waals surface area contributed by atoms with Crippen LogP contribution in [0.4, 0.5) is 5.69 Å². The van der Waals surface area contributed by atoms with Crippen LogP contribution in [0.25, 0.3) is 0 Å². The SMILES string of the molecule is Cc1ccc(Br)cc1NS(=O)(=O)c1cc(CO)ccc1Cl. The van der Waals surface area contributed by atoms with E-state index in [0.717, 1.165) is 10.0 Å². The molecule has 0 atom stereocenters. The summed E-state index contributed by atoms with van der Waals surface area (Å²) < 4.78 is 28.2. The highest BCUT2D eigenvalue weighted by molar-refractivity contribution is 9.10. The van der Waals surface area contributed by atoms with Crippen molar-refractivity contribution < 1.29 is 13.5 Å². The van der Waals surface area contributed by atoms with Crippen LogP contribution in [0.5, 0.6) is 0 Å². The van der Waals surface area contributed by atoms with E-state index in [9.17, 15) is 8.42 Å². The molecule has 0 aliphatic carbocycles. The molecule has 0 aliphatic heterocycles. The van der Waals surface area contributed by atoms with E-state index in [1.54, 1.807) is 25.1 Å². The van der Waals surface area contributed by atoms with E-state index in [-0.39, 0.29) is 16.5 Å². The van der Waals surface area contributed by atoms with Crippen molar-refractivity contribution in [2.45, 2.75) is 18.4 Å². The van der Waals surface area contributed by atoms with Crippen molar-refractivity contribution in [1.82, 2.24) is 0 Å². The van der Waals surface area contributed by atoms with Crippen molar-refractivity contribution in [1.29, 1.82) is 0 Å². The molecule has 0 saturated carbocycles. The first kappa shape index (κ1) is 16.3.